The van der Waals surface area contributed by atoms with Gasteiger partial charge in [-0.15, -0.1) is 0 Å². The van der Waals surface area contributed by atoms with Crippen LogP contribution in [-0.2, 0) is 0 Å². The first-order chi connectivity index (χ1) is 8.84. The van der Waals surface area contributed by atoms with Crippen molar-refractivity contribution in [2.24, 2.45) is 0 Å². The first-order valence-electron chi connectivity index (χ1n) is 5.53. The fourth-order valence-electron chi connectivity index (χ4n) is 1.78. The number of hydrogen-bond acceptors (Lipinski definition) is 3. The van der Waals surface area contributed by atoms with Gasteiger partial charge < -0.3 is 4.74 Å². The van der Waals surface area contributed by atoms with Crippen LogP contribution >= 0.6 is 0 Å². The van der Waals surface area contributed by atoms with Crippen LogP contribution in [0.2, 0.25) is 0 Å². The summed E-state index contributed by atoms with van der Waals surface area (Å²) in [4.78, 5) is 16.0. The SMILES string of the molecule is O=C(Oc1ccccc1)n1ccc2cnccc21. The summed E-state index contributed by atoms with van der Waals surface area (Å²) in [6, 6.07) is 12.6. The van der Waals surface area contributed by atoms with Crippen molar-refractivity contribution < 1.29 is 9.53 Å². The third-order valence-corrected chi connectivity index (χ3v) is 2.64. The number of para-hydroxylation sites is 1. The maximum Gasteiger partial charge on any atom is 0.423 e. The van der Waals surface area contributed by atoms with E-state index in [1.165, 1.54) is 4.57 Å². The molecule has 18 heavy (non-hydrogen) atoms. The quantitative estimate of drug-likeness (QED) is 0.654. The predicted molar refractivity (Wildman–Crippen MR) is 67.6 cm³/mol. The van der Waals surface area contributed by atoms with Gasteiger partial charge in [-0.1, -0.05) is 18.2 Å². The van der Waals surface area contributed by atoms with Crippen LogP contribution in [0.25, 0.3) is 10.9 Å². The topological polar surface area (TPSA) is 44.1 Å². The zero-order valence-corrected chi connectivity index (χ0v) is 9.48. The molecule has 0 aliphatic rings. The van der Waals surface area contributed by atoms with Crippen LogP contribution in [0.4, 0.5) is 4.79 Å². The number of aromatic nitrogens is 2. The van der Waals surface area contributed by atoms with Crippen LogP contribution in [0.3, 0.4) is 0 Å². The highest BCUT2D eigenvalue weighted by atomic mass is 16.6. The molecule has 0 atom stereocenters. The molecule has 4 heteroatoms. The summed E-state index contributed by atoms with van der Waals surface area (Å²) in [6.07, 6.45) is 4.61. The van der Waals surface area contributed by atoms with Crippen LogP contribution in [0.15, 0.2) is 61.1 Å². The molecule has 0 amide bonds. The standard InChI is InChI=1S/C14H10N2O2/c17-14(18-12-4-2-1-3-5-12)16-9-7-11-10-15-8-6-13(11)16/h1-10H. The highest BCUT2D eigenvalue weighted by Crippen LogP contribution is 2.16. The fourth-order valence-corrected chi connectivity index (χ4v) is 1.78. The Morgan fingerprint density at radius 2 is 1.94 bits per heavy atom. The number of rotatable bonds is 1. The fraction of sp³-hybridized carbons (Fsp3) is 0. The summed E-state index contributed by atoms with van der Waals surface area (Å²) < 4.78 is 6.73. The van der Waals surface area contributed by atoms with Crippen molar-refractivity contribution in [1.29, 1.82) is 0 Å². The minimum atomic E-state index is -0.428. The Morgan fingerprint density at radius 3 is 2.78 bits per heavy atom. The van der Waals surface area contributed by atoms with Crippen molar-refractivity contribution in [2.75, 3.05) is 0 Å². The van der Waals surface area contributed by atoms with Crippen LogP contribution in [-0.4, -0.2) is 15.6 Å². The highest BCUT2D eigenvalue weighted by molar-refractivity contribution is 5.89. The molecule has 2 aromatic heterocycles. The zero-order valence-electron chi connectivity index (χ0n) is 9.48. The molecule has 2 heterocycles. The maximum atomic E-state index is 12.0. The summed E-state index contributed by atoms with van der Waals surface area (Å²) in [6.45, 7) is 0. The van der Waals surface area contributed by atoms with E-state index in [9.17, 15) is 4.79 Å². The molecule has 0 aliphatic carbocycles. The van der Waals surface area contributed by atoms with E-state index in [1.807, 2.05) is 24.3 Å². The van der Waals surface area contributed by atoms with Crippen LogP contribution in [0.5, 0.6) is 5.75 Å². The lowest BCUT2D eigenvalue weighted by atomic mass is 10.3. The third-order valence-electron chi connectivity index (χ3n) is 2.64. The number of carbonyl (C=O) groups is 1. The maximum absolute atomic E-state index is 12.0. The zero-order chi connectivity index (χ0) is 12.4. The second kappa shape index (κ2) is 4.33. The van der Waals surface area contributed by atoms with Gasteiger partial charge in [0.25, 0.3) is 0 Å². The van der Waals surface area contributed by atoms with E-state index < -0.39 is 6.09 Å². The molecule has 4 nitrogen and oxygen atoms in total. The Balaban J connectivity index is 1.93. The molecule has 0 N–H and O–H groups in total. The highest BCUT2D eigenvalue weighted by Gasteiger charge is 2.10. The first kappa shape index (κ1) is 10.5. The molecular formula is C14H10N2O2. The first-order valence-corrected chi connectivity index (χ1v) is 5.53. The summed E-state index contributed by atoms with van der Waals surface area (Å²) in [5.74, 6) is 0.526. The smallest absolute Gasteiger partial charge is 0.410 e. The van der Waals surface area contributed by atoms with Crippen molar-refractivity contribution in [1.82, 2.24) is 9.55 Å². The summed E-state index contributed by atoms with van der Waals surface area (Å²) in [7, 11) is 0. The van der Waals surface area contributed by atoms with E-state index in [0.29, 0.717) is 5.75 Å². The van der Waals surface area contributed by atoms with Gasteiger partial charge in [0.1, 0.15) is 5.75 Å². The molecule has 3 rings (SSSR count). The van der Waals surface area contributed by atoms with Gasteiger partial charge in [-0.25, -0.2) is 4.79 Å². The van der Waals surface area contributed by atoms with Crippen molar-refractivity contribution in [3.05, 3.63) is 61.1 Å². The minimum Gasteiger partial charge on any atom is -0.410 e. The second-order valence-electron chi connectivity index (χ2n) is 3.80. The molecule has 0 bridgehead atoms. The van der Waals surface area contributed by atoms with Crippen LogP contribution in [0.1, 0.15) is 0 Å². The number of benzene rings is 1. The average Bonchev–Trinajstić information content (AvgIpc) is 2.84. The number of carbonyl (C=O) groups excluding carboxylic acids is 1. The number of pyridine rings is 1. The van der Waals surface area contributed by atoms with E-state index in [0.717, 1.165) is 10.9 Å². The number of nitrogens with zero attached hydrogens (tertiary/aromatic N) is 2. The van der Waals surface area contributed by atoms with Gasteiger partial charge in [0.2, 0.25) is 0 Å². The van der Waals surface area contributed by atoms with Crippen molar-refractivity contribution in [2.45, 2.75) is 0 Å². The largest absolute Gasteiger partial charge is 0.423 e. The predicted octanol–water partition coefficient (Wildman–Crippen LogP) is 3.08. The lowest BCUT2D eigenvalue weighted by Crippen LogP contribution is -2.15. The molecule has 0 saturated heterocycles. The molecule has 0 aliphatic heterocycles. The average molecular weight is 238 g/mol. The normalized spacial score (nSPS) is 10.4. The lowest BCUT2D eigenvalue weighted by Gasteiger charge is -2.05. The van der Waals surface area contributed by atoms with Crippen molar-refractivity contribution >= 4 is 17.0 Å². The summed E-state index contributed by atoms with van der Waals surface area (Å²) in [5.41, 5.74) is 0.783. The van der Waals surface area contributed by atoms with E-state index in [-0.39, 0.29) is 0 Å². The molecule has 3 aromatic rings. The molecule has 1 aromatic carbocycles. The molecule has 0 unspecified atom stereocenters. The molecule has 0 saturated carbocycles. The molecule has 0 radical (unpaired) electrons. The Bertz CT molecular complexity index is 689. The summed E-state index contributed by atoms with van der Waals surface area (Å²) >= 11 is 0. The van der Waals surface area contributed by atoms with Gasteiger partial charge in [-0.3, -0.25) is 9.55 Å². The van der Waals surface area contributed by atoms with E-state index in [4.69, 9.17) is 4.74 Å². The van der Waals surface area contributed by atoms with Crippen molar-refractivity contribution in [3.63, 3.8) is 0 Å². The molecule has 0 fully saturated rings. The van der Waals surface area contributed by atoms with Gasteiger partial charge >= 0.3 is 6.09 Å². The van der Waals surface area contributed by atoms with Gasteiger partial charge in [0.15, 0.2) is 0 Å². The Labute approximate surface area is 103 Å². The van der Waals surface area contributed by atoms with E-state index >= 15 is 0 Å². The number of fused-ring (bicyclic) bond motifs is 1. The van der Waals surface area contributed by atoms with Gasteiger partial charge in [0, 0.05) is 24.0 Å². The number of hydrogen-bond donors (Lipinski definition) is 0. The van der Waals surface area contributed by atoms with Gasteiger partial charge in [0.05, 0.1) is 5.52 Å². The van der Waals surface area contributed by atoms with Crippen LogP contribution in [0, 0.1) is 0 Å². The van der Waals surface area contributed by atoms with E-state index in [2.05, 4.69) is 4.98 Å². The monoisotopic (exact) mass is 238 g/mol. The number of ether oxygens (including phenoxy) is 1. The molecule has 0 spiro atoms. The Hall–Kier alpha value is -2.62. The lowest BCUT2D eigenvalue weighted by molar-refractivity contribution is 0.203. The van der Waals surface area contributed by atoms with Gasteiger partial charge in [-0.05, 0) is 24.3 Å². The molecular weight excluding hydrogens is 228 g/mol. The minimum absolute atomic E-state index is 0.428. The Morgan fingerprint density at radius 1 is 1.11 bits per heavy atom. The molecule has 88 valence electrons. The van der Waals surface area contributed by atoms with E-state index in [1.54, 1.807) is 36.8 Å². The Kier molecular flexibility index (Phi) is 2.53. The van der Waals surface area contributed by atoms with Crippen molar-refractivity contribution in [3.8, 4) is 5.75 Å². The van der Waals surface area contributed by atoms with Crippen LogP contribution < -0.4 is 4.74 Å². The van der Waals surface area contributed by atoms with Gasteiger partial charge in [-0.2, -0.15) is 0 Å². The second-order valence-corrected chi connectivity index (χ2v) is 3.80. The summed E-state index contributed by atoms with van der Waals surface area (Å²) in [5, 5.41) is 0.905. The third kappa shape index (κ3) is 1.84.